The van der Waals surface area contributed by atoms with Crippen molar-refractivity contribution in [2.75, 3.05) is 31.2 Å². The van der Waals surface area contributed by atoms with Crippen LogP contribution in [0.2, 0.25) is 5.28 Å². The highest BCUT2D eigenvalue weighted by Gasteiger charge is 2.17. The van der Waals surface area contributed by atoms with Gasteiger partial charge in [0.25, 0.3) is 0 Å². The van der Waals surface area contributed by atoms with E-state index in [1.165, 1.54) is 6.07 Å². The number of anilines is 1. The average molecular weight is 309 g/mol. The van der Waals surface area contributed by atoms with Crippen molar-refractivity contribution in [3.05, 3.63) is 34.9 Å². The highest BCUT2D eigenvalue weighted by Crippen LogP contribution is 2.22. The molecule has 110 valence electrons. The first-order valence-electron chi connectivity index (χ1n) is 6.64. The van der Waals surface area contributed by atoms with Gasteiger partial charge in [-0.3, -0.25) is 0 Å². The van der Waals surface area contributed by atoms with Gasteiger partial charge in [-0.15, -0.1) is 0 Å². The monoisotopic (exact) mass is 308 g/mol. The number of hydrogen-bond donors (Lipinski definition) is 0. The van der Waals surface area contributed by atoms with Crippen molar-refractivity contribution >= 4 is 17.5 Å². The van der Waals surface area contributed by atoms with Crippen LogP contribution in [0.25, 0.3) is 11.4 Å². The van der Waals surface area contributed by atoms with E-state index in [1.54, 1.807) is 19.1 Å². The highest BCUT2D eigenvalue weighted by molar-refractivity contribution is 6.28. The molecule has 0 unspecified atom stereocenters. The van der Waals surface area contributed by atoms with E-state index >= 15 is 0 Å². The van der Waals surface area contributed by atoms with Crippen LogP contribution in [0.4, 0.5) is 10.3 Å². The van der Waals surface area contributed by atoms with Crippen LogP contribution in [0.5, 0.6) is 0 Å². The maximum Gasteiger partial charge on any atom is 0.230 e. The fourth-order valence-corrected chi connectivity index (χ4v) is 2.31. The summed E-state index contributed by atoms with van der Waals surface area (Å²) in [6.07, 6.45) is 0. The number of rotatable bonds is 2. The Morgan fingerprint density at radius 2 is 1.95 bits per heavy atom. The van der Waals surface area contributed by atoms with Crippen molar-refractivity contribution < 1.29 is 9.13 Å². The quantitative estimate of drug-likeness (QED) is 0.853. The molecule has 7 heteroatoms. The summed E-state index contributed by atoms with van der Waals surface area (Å²) in [4.78, 5) is 14.7. The number of morpholine rings is 1. The Bertz CT molecular complexity index is 661. The summed E-state index contributed by atoms with van der Waals surface area (Å²) >= 11 is 6.00. The lowest BCUT2D eigenvalue weighted by molar-refractivity contribution is 0.122. The standard InChI is InChI=1S/C14H14ClFN4O/c1-9-8-10(2-3-11(9)16)12-17-13(15)19-14(18-12)20-4-6-21-7-5-20/h2-3,8H,4-7H2,1H3. The molecule has 1 aromatic heterocycles. The predicted molar refractivity (Wildman–Crippen MR) is 78.0 cm³/mol. The second-order valence-corrected chi connectivity index (χ2v) is 5.13. The minimum Gasteiger partial charge on any atom is -0.378 e. The summed E-state index contributed by atoms with van der Waals surface area (Å²) in [6, 6.07) is 4.73. The maximum atomic E-state index is 13.4. The molecule has 2 aromatic rings. The average Bonchev–Trinajstić information content (AvgIpc) is 2.50. The Kier molecular flexibility index (Phi) is 3.98. The zero-order valence-corrected chi connectivity index (χ0v) is 12.3. The van der Waals surface area contributed by atoms with Crippen LogP contribution in [0, 0.1) is 12.7 Å². The van der Waals surface area contributed by atoms with Gasteiger partial charge < -0.3 is 9.64 Å². The molecule has 1 fully saturated rings. The van der Waals surface area contributed by atoms with Crippen molar-refractivity contribution in [3.63, 3.8) is 0 Å². The van der Waals surface area contributed by atoms with Crippen LogP contribution in [-0.2, 0) is 4.74 Å². The minimum atomic E-state index is -0.257. The minimum absolute atomic E-state index is 0.128. The summed E-state index contributed by atoms with van der Waals surface area (Å²) in [7, 11) is 0. The van der Waals surface area contributed by atoms with E-state index in [0.29, 0.717) is 49.2 Å². The number of nitrogens with zero attached hydrogens (tertiary/aromatic N) is 4. The summed E-state index contributed by atoms with van der Waals surface area (Å²) in [5.74, 6) is 0.710. The normalized spacial score (nSPS) is 15.3. The van der Waals surface area contributed by atoms with Gasteiger partial charge in [-0.05, 0) is 42.3 Å². The molecule has 21 heavy (non-hydrogen) atoms. The van der Waals surface area contributed by atoms with Crippen molar-refractivity contribution in [3.8, 4) is 11.4 Å². The first kappa shape index (κ1) is 14.2. The third kappa shape index (κ3) is 3.11. The van der Waals surface area contributed by atoms with Crippen molar-refractivity contribution in [1.29, 1.82) is 0 Å². The van der Waals surface area contributed by atoms with Crippen molar-refractivity contribution in [1.82, 2.24) is 15.0 Å². The van der Waals surface area contributed by atoms with E-state index in [2.05, 4.69) is 15.0 Å². The molecule has 0 atom stereocenters. The Morgan fingerprint density at radius 1 is 1.19 bits per heavy atom. The van der Waals surface area contributed by atoms with E-state index in [1.807, 2.05) is 4.90 Å². The number of hydrogen-bond acceptors (Lipinski definition) is 5. The Morgan fingerprint density at radius 3 is 2.67 bits per heavy atom. The molecular weight excluding hydrogens is 295 g/mol. The molecule has 0 saturated carbocycles. The van der Waals surface area contributed by atoms with Gasteiger partial charge in [0.05, 0.1) is 13.2 Å². The van der Waals surface area contributed by atoms with Gasteiger partial charge in [0.2, 0.25) is 11.2 Å². The Labute approximate surface area is 126 Å². The largest absolute Gasteiger partial charge is 0.378 e. The molecule has 0 radical (unpaired) electrons. The number of aryl methyl sites for hydroxylation is 1. The van der Waals surface area contributed by atoms with Crippen LogP contribution in [0.15, 0.2) is 18.2 Å². The molecule has 0 spiro atoms. The molecule has 0 amide bonds. The molecule has 0 aliphatic carbocycles. The van der Waals surface area contributed by atoms with E-state index in [-0.39, 0.29) is 11.1 Å². The van der Waals surface area contributed by atoms with E-state index < -0.39 is 0 Å². The summed E-state index contributed by atoms with van der Waals surface area (Å²) in [5, 5.41) is 0.128. The molecule has 1 saturated heterocycles. The predicted octanol–water partition coefficient (Wildman–Crippen LogP) is 2.48. The van der Waals surface area contributed by atoms with Gasteiger partial charge in [0.15, 0.2) is 5.82 Å². The van der Waals surface area contributed by atoms with E-state index in [9.17, 15) is 4.39 Å². The first-order chi connectivity index (χ1) is 10.1. The zero-order valence-electron chi connectivity index (χ0n) is 11.5. The van der Waals surface area contributed by atoms with Crippen LogP contribution >= 0.6 is 11.6 Å². The molecule has 3 rings (SSSR count). The van der Waals surface area contributed by atoms with Crippen LogP contribution in [0.3, 0.4) is 0 Å². The van der Waals surface area contributed by atoms with Gasteiger partial charge in [0, 0.05) is 18.7 Å². The van der Waals surface area contributed by atoms with E-state index in [4.69, 9.17) is 16.3 Å². The molecule has 1 aliphatic rings. The molecule has 2 heterocycles. The molecule has 0 N–H and O–H groups in total. The topological polar surface area (TPSA) is 51.1 Å². The third-order valence-electron chi connectivity index (χ3n) is 3.31. The molecule has 1 aromatic carbocycles. The first-order valence-corrected chi connectivity index (χ1v) is 7.02. The fourth-order valence-electron chi connectivity index (χ4n) is 2.16. The number of aromatic nitrogens is 3. The SMILES string of the molecule is Cc1cc(-c2nc(Cl)nc(N3CCOCC3)n2)ccc1F. The number of benzene rings is 1. The van der Waals surface area contributed by atoms with Gasteiger partial charge in [-0.25, -0.2) is 4.39 Å². The van der Waals surface area contributed by atoms with Crippen LogP contribution < -0.4 is 4.90 Å². The lowest BCUT2D eigenvalue weighted by Crippen LogP contribution is -2.37. The van der Waals surface area contributed by atoms with Gasteiger partial charge in [-0.1, -0.05) is 0 Å². The van der Waals surface area contributed by atoms with Gasteiger partial charge >= 0.3 is 0 Å². The second-order valence-electron chi connectivity index (χ2n) is 4.79. The lowest BCUT2D eigenvalue weighted by Gasteiger charge is -2.26. The molecule has 5 nitrogen and oxygen atoms in total. The summed E-state index contributed by atoms with van der Waals surface area (Å²) in [5.41, 5.74) is 1.25. The van der Waals surface area contributed by atoms with Gasteiger partial charge in [0.1, 0.15) is 5.82 Å². The van der Waals surface area contributed by atoms with E-state index in [0.717, 1.165) is 0 Å². The summed E-state index contributed by atoms with van der Waals surface area (Å²) in [6.45, 7) is 4.39. The zero-order chi connectivity index (χ0) is 14.8. The van der Waals surface area contributed by atoms with Crippen LogP contribution in [0.1, 0.15) is 5.56 Å². The highest BCUT2D eigenvalue weighted by atomic mass is 35.5. The maximum absolute atomic E-state index is 13.4. The smallest absolute Gasteiger partial charge is 0.230 e. The third-order valence-corrected chi connectivity index (χ3v) is 3.48. The fraction of sp³-hybridized carbons (Fsp3) is 0.357. The van der Waals surface area contributed by atoms with Crippen molar-refractivity contribution in [2.24, 2.45) is 0 Å². The van der Waals surface area contributed by atoms with Gasteiger partial charge in [-0.2, -0.15) is 15.0 Å². The molecule has 0 bridgehead atoms. The van der Waals surface area contributed by atoms with Crippen LogP contribution in [-0.4, -0.2) is 41.3 Å². The second kappa shape index (κ2) is 5.91. The van der Waals surface area contributed by atoms with Crippen molar-refractivity contribution in [2.45, 2.75) is 6.92 Å². The molecule has 1 aliphatic heterocycles. The molecular formula is C14H14ClFN4O. The number of ether oxygens (including phenoxy) is 1. The lowest BCUT2D eigenvalue weighted by atomic mass is 10.1. The number of halogens is 2. The Balaban J connectivity index is 1.98. The summed E-state index contributed by atoms with van der Waals surface area (Å²) < 4.78 is 18.7. The Hall–Kier alpha value is -1.79.